The first-order valence-electron chi connectivity index (χ1n) is 5.74. The van der Waals surface area contributed by atoms with Gasteiger partial charge in [-0.05, 0) is 12.8 Å². The first-order valence-corrected chi connectivity index (χ1v) is 5.74. The van der Waals surface area contributed by atoms with Gasteiger partial charge in [0.15, 0.2) is 0 Å². The van der Waals surface area contributed by atoms with Crippen molar-refractivity contribution in [2.75, 3.05) is 19.0 Å². The van der Waals surface area contributed by atoms with Gasteiger partial charge in [0.2, 0.25) is 5.88 Å². The summed E-state index contributed by atoms with van der Waals surface area (Å²) in [5.41, 5.74) is 0. The third-order valence-corrected chi connectivity index (χ3v) is 2.40. The molecule has 7 nitrogen and oxygen atoms in total. The van der Waals surface area contributed by atoms with Crippen molar-refractivity contribution in [1.82, 2.24) is 15.3 Å². The van der Waals surface area contributed by atoms with E-state index in [0.717, 1.165) is 6.42 Å². The van der Waals surface area contributed by atoms with E-state index >= 15 is 0 Å². The van der Waals surface area contributed by atoms with Crippen LogP contribution in [-0.4, -0.2) is 40.9 Å². The number of aromatic nitrogens is 2. The molecule has 1 atom stereocenters. The molecule has 1 rings (SSSR count). The summed E-state index contributed by atoms with van der Waals surface area (Å²) >= 11 is 0. The zero-order valence-electron chi connectivity index (χ0n) is 10.5. The van der Waals surface area contributed by atoms with E-state index in [2.05, 4.69) is 20.6 Å². The third-order valence-electron chi connectivity index (χ3n) is 2.40. The Morgan fingerprint density at radius 3 is 2.94 bits per heavy atom. The highest BCUT2D eigenvalue weighted by Gasteiger charge is 2.10. The van der Waals surface area contributed by atoms with E-state index in [-0.39, 0.29) is 18.7 Å². The molecule has 0 bridgehead atoms. The molecular formula is C11H18N4O3. The number of hydrogen-bond acceptors (Lipinski definition) is 5. The molecule has 0 radical (unpaired) electrons. The van der Waals surface area contributed by atoms with E-state index < -0.39 is 0 Å². The second-order valence-corrected chi connectivity index (χ2v) is 3.66. The number of carbonyl (C=O) groups excluding carboxylic acids is 1. The number of amides is 2. The second kappa shape index (κ2) is 7.44. The Bertz CT molecular complexity index is 386. The van der Waals surface area contributed by atoms with Crippen molar-refractivity contribution in [2.24, 2.45) is 0 Å². The highest BCUT2D eigenvalue weighted by Crippen LogP contribution is 2.09. The van der Waals surface area contributed by atoms with Crippen LogP contribution in [0.2, 0.25) is 0 Å². The summed E-state index contributed by atoms with van der Waals surface area (Å²) in [5, 5.41) is 14.1. The second-order valence-electron chi connectivity index (χ2n) is 3.66. The Balaban J connectivity index is 2.52. The van der Waals surface area contributed by atoms with Crippen LogP contribution in [0.1, 0.15) is 19.8 Å². The number of methoxy groups -OCH3 is 1. The summed E-state index contributed by atoms with van der Waals surface area (Å²) in [6.07, 6.45) is 2.58. The molecule has 0 aromatic carbocycles. The molecule has 1 aromatic rings. The Kier molecular flexibility index (Phi) is 5.86. The van der Waals surface area contributed by atoms with Gasteiger partial charge in [0, 0.05) is 18.7 Å². The Hall–Kier alpha value is -1.89. The minimum Gasteiger partial charge on any atom is -0.481 e. The molecule has 3 N–H and O–H groups in total. The molecule has 0 saturated carbocycles. The standard InChI is InChI=1S/C11H18N4O3/c1-3-8(4-5-16)14-11(17)15-9-6-10(18-2)13-7-12-9/h6-8,16H,3-5H2,1-2H3,(H2,12,13,14,15,17)/t8-/m0/s1. The molecule has 7 heteroatoms. The van der Waals surface area contributed by atoms with Gasteiger partial charge in [-0.1, -0.05) is 6.92 Å². The number of hydrogen-bond donors (Lipinski definition) is 3. The fraction of sp³-hybridized carbons (Fsp3) is 0.545. The number of nitrogens with one attached hydrogen (secondary N) is 2. The summed E-state index contributed by atoms with van der Waals surface area (Å²) in [6.45, 7) is 1.98. The number of rotatable bonds is 6. The molecule has 0 aliphatic rings. The SMILES string of the molecule is CC[C@@H](CCO)NC(=O)Nc1cc(OC)ncn1. The largest absolute Gasteiger partial charge is 0.481 e. The fourth-order valence-electron chi connectivity index (χ4n) is 1.39. The smallest absolute Gasteiger partial charge is 0.320 e. The number of urea groups is 1. The van der Waals surface area contributed by atoms with Crippen LogP contribution in [0.4, 0.5) is 10.6 Å². The molecular weight excluding hydrogens is 236 g/mol. The fourth-order valence-corrected chi connectivity index (χ4v) is 1.39. The van der Waals surface area contributed by atoms with Crippen LogP contribution in [0.3, 0.4) is 0 Å². The zero-order valence-corrected chi connectivity index (χ0v) is 10.5. The van der Waals surface area contributed by atoms with Crippen LogP contribution < -0.4 is 15.4 Å². The number of aliphatic hydroxyl groups excluding tert-OH is 1. The number of aliphatic hydroxyl groups is 1. The van der Waals surface area contributed by atoms with Crippen LogP contribution in [0, 0.1) is 0 Å². The quantitative estimate of drug-likeness (QED) is 0.696. The minimum absolute atomic E-state index is 0.0418. The minimum atomic E-state index is -0.365. The summed E-state index contributed by atoms with van der Waals surface area (Å²) in [4.78, 5) is 19.4. The van der Waals surface area contributed by atoms with Crippen molar-refractivity contribution < 1.29 is 14.6 Å². The average Bonchev–Trinajstić information content (AvgIpc) is 2.38. The lowest BCUT2D eigenvalue weighted by Crippen LogP contribution is -2.38. The van der Waals surface area contributed by atoms with Crippen molar-refractivity contribution in [2.45, 2.75) is 25.8 Å². The maximum atomic E-state index is 11.7. The summed E-state index contributed by atoms with van der Waals surface area (Å²) in [6, 6.07) is 1.10. The maximum absolute atomic E-state index is 11.7. The van der Waals surface area contributed by atoms with Crippen LogP contribution in [0.5, 0.6) is 5.88 Å². The van der Waals surface area contributed by atoms with Crippen molar-refractivity contribution in [1.29, 1.82) is 0 Å². The van der Waals surface area contributed by atoms with Crippen LogP contribution in [-0.2, 0) is 0 Å². The van der Waals surface area contributed by atoms with Gasteiger partial charge < -0.3 is 15.2 Å². The van der Waals surface area contributed by atoms with Gasteiger partial charge in [0.05, 0.1) is 7.11 Å². The number of carbonyl (C=O) groups is 1. The van der Waals surface area contributed by atoms with Gasteiger partial charge >= 0.3 is 6.03 Å². The molecule has 2 amide bonds. The first kappa shape index (κ1) is 14.2. The van der Waals surface area contributed by atoms with Gasteiger partial charge in [0.1, 0.15) is 12.1 Å². The number of nitrogens with zero attached hydrogens (tertiary/aromatic N) is 2. The van der Waals surface area contributed by atoms with E-state index in [4.69, 9.17) is 9.84 Å². The van der Waals surface area contributed by atoms with Gasteiger partial charge in [-0.3, -0.25) is 5.32 Å². The molecule has 0 aliphatic carbocycles. The first-order chi connectivity index (χ1) is 8.69. The lowest BCUT2D eigenvalue weighted by Gasteiger charge is -2.15. The zero-order chi connectivity index (χ0) is 13.4. The van der Waals surface area contributed by atoms with E-state index in [9.17, 15) is 4.79 Å². The molecule has 0 fully saturated rings. The van der Waals surface area contributed by atoms with Gasteiger partial charge in [-0.25, -0.2) is 14.8 Å². The number of anilines is 1. The van der Waals surface area contributed by atoms with E-state index in [1.165, 1.54) is 19.5 Å². The Morgan fingerprint density at radius 1 is 1.56 bits per heavy atom. The van der Waals surface area contributed by atoms with E-state index in [0.29, 0.717) is 18.1 Å². The normalized spacial score (nSPS) is 11.7. The predicted octanol–water partition coefficient (Wildman–Crippen LogP) is 0.768. The summed E-state index contributed by atoms with van der Waals surface area (Å²) < 4.78 is 4.92. The van der Waals surface area contributed by atoms with Crippen molar-refractivity contribution in [3.05, 3.63) is 12.4 Å². The van der Waals surface area contributed by atoms with Gasteiger partial charge in [0.25, 0.3) is 0 Å². The van der Waals surface area contributed by atoms with Crippen molar-refractivity contribution >= 4 is 11.8 Å². The van der Waals surface area contributed by atoms with Crippen LogP contribution in [0.25, 0.3) is 0 Å². The molecule has 1 heterocycles. The Morgan fingerprint density at radius 2 is 2.33 bits per heavy atom. The summed E-state index contributed by atoms with van der Waals surface area (Å²) in [7, 11) is 1.49. The molecule has 0 saturated heterocycles. The lowest BCUT2D eigenvalue weighted by molar-refractivity contribution is 0.237. The molecule has 0 aliphatic heterocycles. The van der Waals surface area contributed by atoms with Crippen LogP contribution in [0.15, 0.2) is 12.4 Å². The van der Waals surface area contributed by atoms with E-state index in [1.807, 2.05) is 6.92 Å². The molecule has 0 spiro atoms. The third kappa shape index (κ3) is 4.54. The van der Waals surface area contributed by atoms with Crippen molar-refractivity contribution in [3.8, 4) is 5.88 Å². The predicted molar refractivity (Wildman–Crippen MR) is 66.5 cm³/mol. The highest BCUT2D eigenvalue weighted by molar-refractivity contribution is 5.88. The Labute approximate surface area is 106 Å². The molecule has 1 aromatic heterocycles. The lowest BCUT2D eigenvalue weighted by atomic mass is 10.2. The van der Waals surface area contributed by atoms with Crippen LogP contribution >= 0.6 is 0 Å². The molecule has 100 valence electrons. The van der Waals surface area contributed by atoms with E-state index in [1.54, 1.807) is 0 Å². The average molecular weight is 254 g/mol. The molecule has 18 heavy (non-hydrogen) atoms. The maximum Gasteiger partial charge on any atom is 0.320 e. The summed E-state index contributed by atoms with van der Waals surface area (Å²) in [5.74, 6) is 0.737. The van der Waals surface area contributed by atoms with Crippen molar-refractivity contribution in [3.63, 3.8) is 0 Å². The highest BCUT2D eigenvalue weighted by atomic mass is 16.5. The van der Waals surface area contributed by atoms with Gasteiger partial charge in [-0.15, -0.1) is 0 Å². The number of ether oxygens (including phenoxy) is 1. The monoisotopic (exact) mass is 254 g/mol. The van der Waals surface area contributed by atoms with Gasteiger partial charge in [-0.2, -0.15) is 0 Å². The topological polar surface area (TPSA) is 96.4 Å². The molecule has 0 unspecified atom stereocenters.